The number of hydrogen-bond acceptors (Lipinski definition) is 4. The maximum absolute atomic E-state index is 8.61. The molecule has 1 N–H and O–H groups in total. The zero-order chi connectivity index (χ0) is 9.95. The molecule has 1 aliphatic heterocycles. The Morgan fingerprint density at radius 2 is 2.23 bits per heavy atom. The highest BCUT2D eigenvalue weighted by Gasteiger charge is 2.36. The topological polar surface area (TPSA) is 47.9 Å². The van der Waals surface area contributed by atoms with Gasteiger partial charge in [-0.15, -0.1) is 0 Å². The Kier molecular flexibility index (Phi) is 3.29. The van der Waals surface area contributed by atoms with E-state index in [1.54, 1.807) is 6.92 Å². The minimum absolute atomic E-state index is 0.0433. The second kappa shape index (κ2) is 3.92. The fraction of sp³-hybridized carbons (Fsp3) is 1.00. The second-order valence-electron chi connectivity index (χ2n) is 3.98. The summed E-state index contributed by atoms with van der Waals surface area (Å²) in [4.78, 5) is 4.27. The van der Waals surface area contributed by atoms with Gasteiger partial charge in [0, 0.05) is 13.5 Å². The monoisotopic (exact) mass is 190 g/mol. The standard InChI is InChI=1S/C9H18O4/c1-8(6-7-12-8)4-5-9(2,11-3)13-10/h10H,4-7H2,1-3H3. The van der Waals surface area contributed by atoms with Gasteiger partial charge >= 0.3 is 0 Å². The van der Waals surface area contributed by atoms with Gasteiger partial charge in [0.1, 0.15) is 0 Å². The first-order valence-corrected chi connectivity index (χ1v) is 4.55. The summed E-state index contributed by atoms with van der Waals surface area (Å²) in [6.45, 7) is 4.60. The van der Waals surface area contributed by atoms with Crippen molar-refractivity contribution in [3.05, 3.63) is 0 Å². The van der Waals surface area contributed by atoms with Crippen molar-refractivity contribution < 1.29 is 19.6 Å². The highest BCUT2D eigenvalue weighted by Crippen LogP contribution is 2.33. The summed E-state index contributed by atoms with van der Waals surface area (Å²) in [6.07, 6.45) is 2.52. The third-order valence-electron chi connectivity index (χ3n) is 2.81. The summed E-state index contributed by atoms with van der Waals surface area (Å²) < 4.78 is 10.4. The predicted octanol–water partition coefficient (Wildman–Crippen LogP) is 1.80. The van der Waals surface area contributed by atoms with Crippen molar-refractivity contribution in [1.29, 1.82) is 0 Å². The largest absolute Gasteiger partial charge is 0.375 e. The van der Waals surface area contributed by atoms with E-state index in [4.69, 9.17) is 14.7 Å². The average molecular weight is 190 g/mol. The lowest BCUT2D eigenvalue weighted by molar-refractivity contribution is -0.396. The molecule has 0 saturated carbocycles. The lowest BCUT2D eigenvalue weighted by atomic mass is 9.90. The van der Waals surface area contributed by atoms with E-state index in [0.29, 0.717) is 6.42 Å². The SMILES string of the molecule is COC(C)(CCC1(C)CCO1)OO. The Hall–Kier alpha value is -0.160. The fourth-order valence-electron chi connectivity index (χ4n) is 1.32. The molecule has 0 aromatic rings. The van der Waals surface area contributed by atoms with Gasteiger partial charge in [-0.1, -0.05) is 0 Å². The first-order valence-electron chi connectivity index (χ1n) is 4.55. The van der Waals surface area contributed by atoms with Crippen molar-refractivity contribution in [2.24, 2.45) is 0 Å². The van der Waals surface area contributed by atoms with E-state index in [-0.39, 0.29) is 5.60 Å². The Balaban J connectivity index is 2.31. The molecule has 1 fully saturated rings. The van der Waals surface area contributed by atoms with Gasteiger partial charge < -0.3 is 9.47 Å². The van der Waals surface area contributed by atoms with Crippen LogP contribution in [0.1, 0.15) is 33.1 Å². The van der Waals surface area contributed by atoms with Gasteiger partial charge in [0.15, 0.2) is 5.79 Å². The maximum atomic E-state index is 8.61. The molecule has 0 aliphatic carbocycles. The number of rotatable bonds is 5. The molecule has 1 aliphatic rings. The molecule has 2 unspecified atom stereocenters. The first kappa shape index (κ1) is 10.9. The Morgan fingerprint density at radius 3 is 2.54 bits per heavy atom. The van der Waals surface area contributed by atoms with Crippen LogP contribution in [-0.2, 0) is 14.4 Å². The van der Waals surface area contributed by atoms with Crippen LogP contribution in [0.2, 0.25) is 0 Å². The Bertz CT molecular complexity index is 161. The van der Waals surface area contributed by atoms with Crippen molar-refractivity contribution in [3.8, 4) is 0 Å². The summed E-state index contributed by atoms with van der Waals surface area (Å²) in [5.41, 5.74) is -0.0433. The molecular formula is C9H18O4. The Labute approximate surface area is 78.7 Å². The van der Waals surface area contributed by atoms with Crippen LogP contribution in [0.3, 0.4) is 0 Å². The minimum Gasteiger partial charge on any atom is -0.375 e. The molecule has 13 heavy (non-hydrogen) atoms. The number of methoxy groups -OCH3 is 1. The van der Waals surface area contributed by atoms with Crippen LogP contribution in [0.25, 0.3) is 0 Å². The van der Waals surface area contributed by atoms with Crippen LogP contribution in [0.15, 0.2) is 0 Å². The summed E-state index contributed by atoms with van der Waals surface area (Å²) >= 11 is 0. The van der Waals surface area contributed by atoms with Crippen LogP contribution < -0.4 is 0 Å². The van der Waals surface area contributed by atoms with Gasteiger partial charge in [-0.3, -0.25) is 0 Å². The van der Waals surface area contributed by atoms with Crippen LogP contribution in [0.4, 0.5) is 0 Å². The van der Waals surface area contributed by atoms with Gasteiger partial charge in [0.05, 0.1) is 12.2 Å². The quantitative estimate of drug-likeness (QED) is 0.408. The molecule has 1 saturated heterocycles. The van der Waals surface area contributed by atoms with Crippen molar-refractivity contribution in [3.63, 3.8) is 0 Å². The van der Waals surface area contributed by atoms with Crippen LogP contribution in [0.5, 0.6) is 0 Å². The highest BCUT2D eigenvalue weighted by atomic mass is 17.1. The molecule has 2 atom stereocenters. The van der Waals surface area contributed by atoms with Crippen LogP contribution in [-0.4, -0.2) is 30.4 Å². The van der Waals surface area contributed by atoms with Crippen LogP contribution >= 0.6 is 0 Å². The van der Waals surface area contributed by atoms with Crippen molar-refractivity contribution in [1.82, 2.24) is 0 Å². The fourth-order valence-corrected chi connectivity index (χ4v) is 1.32. The normalized spacial score (nSPS) is 32.3. The van der Waals surface area contributed by atoms with E-state index < -0.39 is 5.79 Å². The predicted molar refractivity (Wildman–Crippen MR) is 47.3 cm³/mol. The Morgan fingerprint density at radius 1 is 1.62 bits per heavy atom. The molecule has 0 aromatic heterocycles. The molecule has 1 heterocycles. The van der Waals surface area contributed by atoms with Gasteiger partial charge in [0.25, 0.3) is 0 Å². The lowest BCUT2D eigenvalue weighted by Crippen LogP contribution is -2.43. The van der Waals surface area contributed by atoms with E-state index in [2.05, 4.69) is 11.8 Å². The highest BCUT2D eigenvalue weighted by molar-refractivity contribution is 4.84. The third-order valence-corrected chi connectivity index (χ3v) is 2.81. The van der Waals surface area contributed by atoms with E-state index in [1.165, 1.54) is 7.11 Å². The molecule has 4 nitrogen and oxygen atoms in total. The van der Waals surface area contributed by atoms with Crippen molar-refractivity contribution in [2.45, 2.75) is 44.5 Å². The van der Waals surface area contributed by atoms with E-state index in [0.717, 1.165) is 19.4 Å². The van der Waals surface area contributed by atoms with Crippen LogP contribution in [0, 0.1) is 0 Å². The van der Waals surface area contributed by atoms with Crippen molar-refractivity contribution in [2.75, 3.05) is 13.7 Å². The zero-order valence-electron chi connectivity index (χ0n) is 8.50. The third kappa shape index (κ3) is 2.64. The summed E-state index contributed by atoms with van der Waals surface area (Å²) in [7, 11) is 1.51. The van der Waals surface area contributed by atoms with Gasteiger partial charge in [0.2, 0.25) is 0 Å². The summed E-state index contributed by atoms with van der Waals surface area (Å²) in [5, 5.41) is 8.61. The van der Waals surface area contributed by atoms with Gasteiger partial charge in [-0.05, 0) is 26.7 Å². The molecule has 78 valence electrons. The summed E-state index contributed by atoms with van der Waals surface area (Å²) in [6, 6.07) is 0. The lowest BCUT2D eigenvalue weighted by Gasteiger charge is -2.40. The van der Waals surface area contributed by atoms with E-state index in [9.17, 15) is 0 Å². The maximum Gasteiger partial charge on any atom is 0.198 e. The average Bonchev–Trinajstić information content (AvgIpc) is 2.11. The molecule has 0 amide bonds. The van der Waals surface area contributed by atoms with E-state index in [1.807, 2.05) is 0 Å². The number of ether oxygens (including phenoxy) is 2. The van der Waals surface area contributed by atoms with Gasteiger partial charge in [-0.25, -0.2) is 10.1 Å². The second-order valence-corrected chi connectivity index (χ2v) is 3.98. The molecule has 4 heteroatoms. The molecule has 0 bridgehead atoms. The van der Waals surface area contributed by atoms with Gasteiger partial charge in [-0.2, -0.15) is 0 Å². The molecule has 0 spiro atoms. The molecule has 0 aromatic carbocycles. The number of hydrogen-bond donors (Lipinski definition) is 1. The molecule has 0 radical (unpaired) electrons. The smallest absolute Gasteiger partial charge is 0.198 e. The molecular weight excluding hydrogens is 172 g/mol. The van der Waals surface area contributed by atoms with E-state index >= 15 is 0 Å². The summed E-state index contributed by atoms with van der Waals surface area (Å²) in [5.74, 6) is -0.901. The minimum atomic E-state index is -0.901. The molecule has 1 rings (SSSR count). The zero-order valence-corrected chi connectivity index (χ0v) is 8.50. The first-order chi connectivity index (χ1) is 6.04. The van der Waals surface area contributed by atoms with Crippen molar-refractivity contribution >= 4 is 0 Å².